The fourth-order valence-electron chi connectivity index (χ4n) is 1.42. The fraction of sp³-hybridized carbons (Fsp3) is 0.545. The van der Waals surface area contributed by atoms with Gasteiger partial charge < -0.3 is 15.7 Å². The summed E-state index contributed by atoms with van der Waals surface area (Å²) in [5.74, 6) is 0.839. The number of aliphatic hydroxyl groups is 1. The average molecular weight is 209 g/mol. The number of likely N-dealkylation sites (N-methyl/N-ethyl adjacent to an activating group) is 1. The fourth-order valence-corrected chi connectivity index (χ4v) is 1.42. The van der Waals surface area contributed by atoms with Gasteiger partial charge in [0.15, 0.2) is 0 Å². The highest BCUT2D eigenvalue weighted by Gasteiger charge is 2.07. The maximum absolute atomic E-state index is 9.27. The van der Waals surface area contributed by atoms with Gasteiger partial charge in [-0.3, -0.25) is 0 Å². The van der Waals surface area contributed by atoms with Crippen molar-refractivity contribution in [1.82, 2.24) is 4.98 Å². The standard InChI is InChI=1S/C11H19N3O/c1-8(15)7-14(3)11-6-10(9(2)12)4-5-13-11/h4-6,8-9,15H,7,12H2,1-3H3. The molecule has 4 heteroatoms. The highest BCUT2D eigenvalue weighted by atomic mass is 16.3. The summed E-state index contributed by atoms with van der Waals surface area (Å²) in [5.41, 5.74) is 6.84. The molecular formula is C11H19N3O. The van der Waals surface area contributed by atoms with Crippen LogP contribution < -0.4 is 10.6 Å². The first-order valence-electron chi connectivity index (χ1n) is 5.11. The molecule has 1 aromatic heterocycles. The summed E-state index contributed by atoms with van der Waals surface area (Å²) in [5, 5.41) is 9.27. The van der Waals surface area contributed by atoms with Crippen molar-refractivity contribution in [2.75, 3.05) is 18.5 Å². The molecule has 0 bridgehead atoms. The van der Waals surface area contributed by atoms with Crippen LogP contribution in [0.1, 0.15) is 25.5 Å². The van der Waals surface area contributed by atoms with Crippen LogP contribution in [-0.4, -0.2) is 29.8 Å². The smallest absolute Gasteiger partial charge is 0.128 e. The van der Waals surface area contributed by atoms with Crippen molar-refractivity contribution in [2.24, 2.45) is 5.73 Å². The number of nitrogens with zero attached hydrogens (tertiary/aromatic N) is 2. The maximum atomic E-state index is 9.27. The number of pyridine rings is 1. The molecule has 15 heavy (non-hydrogen) atoms. The lowest BCUT2D eigenvalue weighted by Gasteiger charge is -2.20. The highest BCUT2D eigenvalue weighted by molar-refractivity contribution is 5.40. The average Bonchev–Trinajstić information content (AvgIpc) is 2.17. The third kappa shape index (κ3) is 3.49. The van der Waals surface area contributed by atoms with Gasteiger partial charge in [-0.05, 0) is 31.5 Å². The molecule has 4 nitrogen and oxygen atoms in total. The molecule has 3 N–H and O–H groups in total. The minimum atomic E-state index is -0.365. The Balaban J connectivity index is 2.80. The van der Waals surface area contributed by atoms with E-state index in [1.54, 1.807) is 13.1 Å². The Morgan fingerprint density at radius 1 is 1.53 bits per heavy atom. The van der Waals surface area contributed by atoms with E-state index >= 15 is 0 Å². The zero-order chi connectivity index (χ0) is 11.4. The molecule has 0 aliphatic heterocycles. The molecule has 2 unspecified atom stereocenters. The Hall–Kier alpha value is -1.13. The second-order valence-electron chi connectivity index (χ2n) is 3.97. The van der Waals surface area contributed by atoms with E-state index in [0.717, 1.165) is 11.4 Å². The zero-order valence-corrected chi connectivity index (χ0v) is 9.51. The Morgan fingerprint density at radius 2 is 2.20 bits per heavy atom. The molecule has 0 saturated heterocycles. The summed E-state index contributed by atoms with van der Waals surface area (Å²) in [6.07, 6.45) is 1.38. The van der Waals surface area contributed by atoms with E-state index in [2.05, 4.69) is 4.98 Å². The second-order valence-corrected chi connectivity index (χ2v) is 3.97. The molecule has 0 aliphatic rings. The lowest BCUT2D eigenvalue weighted by atomic mass is 10.1. The normalized spacial score (nSPS) is 14.7. The summed E-state index contributed by atoms with van der Waals surface area (Å²) < 4.78 is 0. The van der Waals surface area contributed by atoms with Gasteiger partial charge in [-0.15, -0.1) is 0 Å². The molecule has 0 saturated carbocycles. The molecule has 0 amide bonds. The van der Waals surface area contributed by atoms with Gasteiger partial charge in [-0.1, -0.05) is 0 Å². The summed E-state index contributed by atoms with van der Waals surface area (Å²) in [4.78, 5) is 6.15. The number of rotatable bonds is 4. The Labute approximate surface area is 90.7 Å². The summed E-state index contributed by atoms with van der Waals surface area (Å²) >= 11 is 0. The number of aliphatic hydroxyl groups excluding tert-OH is 1. The molecule has 0 spiro atoms. The van der Waals surface area contributed by atoms with Crippen LogP contribution in [0.3, 0.4) is 0 Å². The first kappa shape index (κ1) is 11.9. The van der Waals surface area contributed by atoms with Gasteiger partial charge in [0.05, 0.1) is 6.10 Å². The summed E-state index contributed by atoms with van der Waals surface area (Å²) in [6, 6.07) is 3.86. The molecule has 2 atom stereocenters. The molecule has 1 heterocycles. The van der Waals surface area contributed by atoms with Gasteiger partial charge in [-0.2, -0.15) is 0 Å². The van der Waals surface area contributed by atoms with Crippen LogP contribution in [0.5, 0.6) is 0 Å². The first-order chi connectivity index (χ1) is 7.00. The zero-order valence-electron chi connectivity index (χ0n) is 9.51. The highest BCUT2D eigenvalue weighted by Crippen LogP contribution is 2.15. The van der Waals surface area contributed by atoms with E-state index in [9.17, 15) is 5.11 Å². The minimum Gasteiger partial charge on any atom is -0.392 e. The number of hydrogen-bond acceptors (Lipinski definition) is 4. The van der Waals surface area contributed by atoms with Crippen molar-refractivity contribution in [1.29, 1.82) is 0 Å². The monoisotopic (exact) mass is 209 g/mol. The van der Waals surface area contributed by atoms with Crippen molar-refractivity contribution in [3.8, 4) is 0 Å². The largest absolute Gasteiger partial charge is 0.392 e. The van der Waals surface area contributed by atoms with Crippen LogP contribution in [0.2, 0.25) is 0 Å². The maximum Gasteiger partial charge on any atom is 0.128 e. The minimum absolute atomic E-state index is 0.00620. The SMILES string of the molecule is CC(O)CN(C)c1cc(C(C)N)ccn1. The third-order valence-corrected chi connectivity index (χ3v) is 2.22. The number of anilines is 1. The topological polar surface area (TPSA) is 62.4 Å². The van der Waals surface area contributed by atoms with Crippen molar-refractivity contribution in [3.63, 3.8) is 0 Å². The molecule has 84 valence electrons. The van der Waals surface area contributed by atoms with E-state index in [1.807, 2.05) is 31.0 Å². The van der Waals surface area contributed by atoms with Crippen LogP contribution in [0.4, 0.5) is 5.82 Å². The second kappa shape index (κ2) is 5.09. The number of nitrogens with two attached hydrogens (primary N) is 1. The van der Waals surface area contributed by atoms with E-state index in [-0.39, 0.29) is 12.1 Å². The van der Waals surface area contributed by atoms with Gasteiger partial charge in [0, 0.05) is 25.8 Å². The molecule has 0 aliphatic carbocycles. The summed E-state index contributed by atoms with van der Waals surface area (Å²) in [6.45, 7) is 4.26. The van der Waals surface area contributed by atoms with E-state index in [1.165, 1.54) is 0 Å². The van der Waals surface area contributed by atoms with Crippen LogP contribution in [0, 0.1) is 0 Å². The lowest BCUT2D eigenvalue weighted by molar-refractivity contribution is 0.201. The Morgan fingerprint density at radius 3 is 2.73 bits per heavy atom. The van der Waals surface area contributed by atoms with Gasteiger partial charge >= 0.3 is 0 Å². The van der Waals surface area contributed by atoms with Gasteiger partial charge in [0.2, 0.25) is 0 Å². The van der Waals surface area contributed by atoms with E-state index in [0.29, 0.717) is 6.54 Å². The van der Waals surface area contributed by atoms with E-state index < -0.39 is 0 Å². The first-order valence-corrected chi connectivity index (χ1v) is 5.11. The van der Waals surface area contributed by atoms with Gasteiger partial charge in [0.25, 0.3) is 0 Å². The van der Waals surface area contributed by atoms with Gasteiger partial charge in [-0.25, -0.2) is 4.98 Å². The number of aromatic nitrogens is 1. The molecule has 0 fully saturated rings. The molecular weight excluding hydrogens is 190 g/mol. The van der Waals surface area contributed by atoms with Gasteiger partial charge in [0.1, 0.15) is 5.82 Å². The Bertz CT molecular complexity index is 312. The third-order valence-electron chi connectivity index (χ3n) is 2.22. The summed E-state index contributed by atoms with van der Waals surface area (Å²) in [7, 11) is 1.90. The quantitative estimate of drug-likeness (QED) is 0.774. The predicted molar refractivity (Wildman–Crippen MR) is 61.8 cm³/mol. The number of hydrogen-bond donors (Lipinski definition) is 2. The molecule has 1 aromatic rings. The van der Waals surface area contributed by atoms with Crippen molar-refractivity contribution >= 4 is 5.82 Å². The van der Waals surface area contributed by atoms with Crippen LogP contribution in [-0.2, 0) is 0 Å². The van der Waals surface area contributed by atoms with Crippen LogP contribution in [0.15, 0.2) is 18.3 Å². The van der Waals surface area contributed by atoms with Crippen molar-refractivity contribution in [2.45, 2.75) is 26.0 Å². The Kier molecular flexibility index (Phi) is 4.05. The van der Waals surface area contributed by atoms with Crippen LogP contribution >= 0.6 is 0 Å². The lowest BCUT2D eigenvalue weighted by Crippen LogP contribution is -2.27. The van der Waals surface area contributed by atoms with Crippen molar-refractivity contribution < 1.29 is 5.11 Å². The van der Waals surface area contributed by atoms with Crippen molar-refractivity contribution in [3.05, 3.63) is 23.9 Å². The molecule has 1 rings (SSSR count). The predicted octanol–water partition coefficient (Wildman–Crippen LogP) is 0.918. The van der Waals surface area contributed by atoms with E-state index in [4.69, 9.17) is 5.73 Å². The molecule has 0 radical (unpaired) electrons. The molecule has 0 aromatic carbocycles. The van der Waals surface area contributed by atoms with Crippen LogP contribution in [0.25, 0.3) is 0 Å².